The Hall–Kier alpha value is -2.08. The topological polar surface area (TPSA) is 105 Å². The van der Waals surface area contributed by atoms with Gasteiger partial charge in [0.15, 0.2) is 0 Å². The van der Waals surface area contributed by atoms with Crippen molar-refractivity contribution in [1.29, 1.82) is 0 Å². The Bertz CT molecular complexity index is 559. The molecule has 1 saturated heterocycles. The van der Waals surface area contributed by atoms with Crippen molar-refractivity contribution in [2.45, 2.75) is 38.2 Å². The second-order valence-electron chi connectivity index (χ2n) is 5.39. The van der Waals surface area contributed by atoms with Crippen LogP contribution in [-0.4, -0.2) is 42.0 Å². The normalized spacial score (nSPS) is 31.1. The van der Waals surface area contributed by atoms with Crippen molar-refractivity contribution < 1.29 is 19.4 Å². The molecule has 1 N–H and O–H groups in total. The summed E-state index contributed by atoms with van der Waals surface area (Å²) in [5.74, 6) is -0.742. The summed E-state index contributed by atoms with van der Waals surface area (Å²) in [6.07, 6.45) is -1.85. The molecule has 0 saturated carbocycles. The molecule has 7 nitrogen and oxygen atoms in total. The van der Waals surface area contributed by atoms with Crippen LogP contribution in [0.1, 0.15) is 24.2 Å². The summed E-state index contributed by atoms with van der Waals surface area (Å²) in [5, 5.41) is 13.9. The first-order valence-electron chi connectivity index (χ1n) is 7.14. The Morgan fingerprint density at radius 3 is 2.73 bits per heavy atom. The van der Waals surface area contributed by atoms with Crippen LogP contribution < -0.4 is 0 Å². The van der Waals surface area contributed by atoms with Gasteiger partial charge in [0, 0.05) is 4.91 Å². The summed E-state index contributed by atoms with van der Waals surface area (Å²) < 4.78 is 10.8. The molecule has 1 aromatic rings. The monoisotopic (exact) mass is 305 g/mol. The molecule has 0 amide bonds. The summed E-state index contributed by atoms with van der Waals surface area (Å²) in [6.45, 7) is 3.51. The van der Waals surface area contributed by atoms with E-state index in [2.05, 4.69) is 10.0 Å². The average Bonchev–Trinajstić information content (AvgIpc) is 2.54. The maximum Gasteiger partial charge on any atom is 0.338 e. The van der Waals surface area contributed by atoms with Gasteiger partial charge in [-0.05, 0) is 30.5 Å². The lowest BCUT2D eigenvalue weighted by Gasteiger charge is -2.40. The largest absolute Gasteiger partial charge is 0.459 e. The molecular formula is C15H19N3O4. The van der Waals surface area contributed by atoms with Gasteiger partial charge < -0.3 is 14.6 Å². The van der Waals surface area contributed by atoms with Crippen LogP contribution in [0.25, 0.3) is 10.4 Å². The minimum atomic E-state index is -0.865. The zero-order valence-electron chi connectivity index (χ0n) is 12.5. The SMILES string of the molecule is C[C@@H]1OC(COC(=O)c2ccccc2)[C@H](O)[C@H](C)C1N=[N+]=[N-]. The second-order valence-corrected chi connectivity index (χ2v) is 5.39. The Labute approximate surface area is 128 Å². The van der Waals surface area contributed by atoms with Gasteiger partial charge in [-0.3, -0.25) is 0 Å². The minimum Gasteiger partial charge on any atom is -0.459 e. The van der Waals surface area contributed by atoms with Gasteiger partial charge in [-0.2, -0.15) is 0 Å². The predicted molar refractivity (Wildman–Crippen MR) is 79.2 cm³/mol. The number of aliphatic hydroxyl groups is 1. The van der Waals surface area contributed by atoms with Crippen molar-refractivity contribution in [3.05, 3.63) is 46.3 Å². The minimum absolute atomic E-state index is 0.0490. The van der Waals surface area contributed by atoms with Crippen molar-refractivity contribution in [2.75, 3.05) is 6.61 Å². The number of aliphatic hydroxyl groups excluding tert-OH is 1. The summed E-state index contributed by atoms with van der Waals surface area (Å²) in [6, 6.07) is 8.17. The van der Waals surface area contributed by atoms with E-state index >= 15 is 0 Å². The lowest BCUT2D eigenvalue weighted by atomic mass is 9.87. The molecule has 0 aromatic heterocycles. The Morgan fingerprint density at radius 1 is 1.41 bits per heavy atom. The zero-order chi connectivity index (χ0) is 16.1. The molecule has 1 fully saturated rings. The van der Waals surface area contributed by atoms with Crippen LogP contribution in [0.2, 0.25) is 0 Å². The molecule has 7 heteroatoms. The van der Waals surface area contributed by atoms with Gasteiger partial charge in [0.25, 0.3) is 0 Å². The Morgan fingerprint density at radius 2 is 2.09 bits per heavy atom. The molecule has 0 bridgehead atoms. The maximum atomic E-state index is 11.9. The summed E-state index contributed by atoms with van der Waals surface area (Å²) >= 11 is 0. The van der Waals surface area contributed by atoms with Crippen LogP contribution in [0.3, 0.4) is 0 Å². The number of azide groups is 1. The third-order valence-electron chi connectivity index (χ3n) is 3.90. The summed E-state index contributed by atoms with van der Waals surface area (Å²) in [7, 11) is 0. The zero-order valence-corrected chi connectivity index (χ0v) is 12.5. The van der Waals surface area contributed by atoms with Crippen LogP contribution in [0, 0.1) is 5.92 Å². The van der Waals surface area contributed by atoms with Gasteiger partial charge in [-0.15, -0.1) is 0 Å². The van der Waals surface area contributed by atoms with E-state index in [1.807, 2.05) is 6.07 Å². The number of hydrogen-bond donors (Lipinski definition) is 1. The number of nitrogens with zero attached hydrogens (tertiary/aromatic N) is 3. The number of carbonyl (C=O) groups is 1. The molecule has 0 radical (unpaired) electrons. The van der Waals surface area contributed by atoms with E-state index in [-0.39, 0.29) is 18.6 Å². The highest BCUT2D eigenvalue weighted by atomic mass is 16.6. The molecule has 2 unspecified atom stereocenters. The highest BCUT2D eigenvalue weighted by Gasteiger charge is 2.41. The first kappa shape index (κ1) is 16.3. The second kappa shape index (κ2) is 7.26. The van der Waals surface area contributed by atoms with Crippen molar-refractivity contribution in [3.63, 3.8) is 0 Å². The molecule has 118 valence electrons. The molecule has 22 heavy (non-hydrogen) atoms. The van der Waals surface area contributed by atoms with Gasteiger partial charge in [-0.25, -0.2) is 4.79 Å². The van der Waals surface area contributed by atoms with Gasteiger partial charge >= 0.3 is 5.97 Å². The van der Waals surface area contributed by atoms with E-state index in [9.17, 15) is 9.90 Å². The fraction of sp³-hybridized carbons (Fsp3) is 0.533. The molecule has 1 aromatic carbocycles. The maximum absolute atomic E-state index is 11.9. The third-order valence-corrected chi connectivity index (χ3v) is 3.90. The predicted octanol–water partition coefficient (Wildman–Crippen LogP) is 2.31. The highest BCUT2D eigenvalue weighted by Crippen LogP contribution is 2.28. The highest BCUT2D eigenvalue weighted by molar-refractivity contribution is 5.89. The van der Waals surface area contributed by atoms with Gasteiger partial charge in [-0.1, -0.05) is 30.2 Å². The first-order chi connectivity index (χ1) is 10.5. The summed E-state index contributed by atoms with van der Waals surface area (Å²) in [5.41, 5.74) is 9.01. The third kappa shape index (κ3) is 3.57. The molecule has 1 aliphatic rings. The molecule has 1 aliphatic heterocycles. The van der Waals surface area contributed by atoms with E-state index < -0.39 is 24.2 Å². The number of carbonyl (C=O) groups excluding carboxylic acids is 1. The van der Waals surface area contributed by atoms with E-state index in [4.69, 9.17) is 15.0 Å². The lowest BCUT2D eigenvalue weighted by molar-refractivity contribution is -0.159. The van der Waals surface area contributed by atoms with Crippen LogP contribution in [-0.2, 0) is 9.47 Å². The summed E-state index contributed by atoms with van der Waals surface area (Å²) in [4.78, 5) is 14.7. The smallest absolute Gasteiger partial charge is 0.338 e. The van der Waals surface area contributed by atoms with Crippen molar-refractivity contribution in [3.8, 4) is 0 Å². The Balaban J connectivity index is 1.96. The van der Waals surface area contributed by atoms with Crippen LogP contribution in [0.5, 0.6) is 0 Å². The van der Waals surface area contributed by atoms with Crippen LogP contribution >= 0.6 is 0 Å². The van der Waals surface area contributed by atoms with Crippen LogP contribution in [0.4, 0.5) is 0 Å². The fourth-order valence-electron chi connectivity index (χ4n) is 2.62. The van der Waals surface area contributed by atoms with E-state index in [0.29, 0.717) is 5.56 Å². The molecule has 0 aliphatic carbocycles. The van der Waals surface area contributed by atoms with Gasteiger partial charge in [0.1, 0.15) is 12.7 Å². The van der Waals surface area contributed by atoms with Crippen LogP contribution in [0.15, 0.2) is 35.4 Å². The molecule has 5 atom stereocenters. The quantitative estimate of drug-likeness (QED) is 0.399. The molecule has 1 heterocycles. The number of hydrogen-bond acceptors (Lipinski definition) is 5. The van der Waals surface area contributed by atoms with E-state index in [0.717, 1.165) is 0 Å². The van der Waals surface area contributed by atoms with Crippen molar-refractivity contribution >= 4 is 5.97 Å². The average molecular weight is 305 g/mol. The molecular weight excluding hydrogens is 286 g/mol. The molecule has 2 rings (SSSR count). The Kier molecular flexibility index (Phi) is 5.38. The number of benzene rings is 1. The van der Waals surface area contributed by atoms with Gasteiger partial charge in [0.2, 0.25) is 0 Å². The number of esters is 1. The van der Waals surface area contributed by atoms with E-state index in [1.165, 1.54) is 0 Å². The van der Waals surface area contributed by atoms with Crippen molar-refractivity contribution in [2.24, 2.45) is 11.0 Å². The fourth-order valence-corrected chi connectivity index (χ4v) is 2.62. The first-order valence-corrected chi connectivity index (χ1v) is 7.14. The van der Waals surface area contributed by atoms with E-state index in [1.54, 1.807) is 38.1 Å². The van der Waals surface area contributed by atoms with Gasteiger partial charge in [0.05, 0.1) is 23.8 Å². The number of rotatable bonds is 4. The number of ether oxygens (including phenoxy) is 2. The molecule has 0 spiro atoms. The van der Waals surface area contributed by atoms with Crippen molar-refractivity contribution in [1.82, 2.24) is 0 Å². The standard InChI is InChI=1S/C15H19N3O4/c1-9-13(17-18-16)10(2)22-12(14(9)19)8-21-15(20)11-6-4-3-5-7-11/h3-7,9-10,12-14,19H,8H2,1-2H3/t9-,10+,12?,13?,14-/m1/s1. The lowest BCUT2D eigenvalue weighted by Crippen LogP contribution is -2.53.